The SMILES string of the molecule is COc1c(C(O)c2ccc(Cl)c(C)c2)ccc(C)c1C. The summed E-state index contributed by atoms with van der Waals surface area (Å²) in [5, 5.41) is 11.3. The maximum atomic E-state index is 10.6. The standard InChI is InChI=1S/C17H19ClO2/c1-10-5-7-14(17(20-4)12(10)3)16(19)13-6-8-15(18)11(2)9-13/h5-9,16,19H,1-4H3. The number of rotatable bonds is 3. The zero-order valence-corrected chi connectivity index (χ0v) is 13.0. The molecule has 0 spiro atoms. The van der Waals surface area contributed by atoms with Crippen molar-refractivity contribution in [2.45, 2.75) is 26.9 Å². The molecule has 20 heavy (non-hydrogen) atoms. The minimum atomic E-state index is -0.722. The summed E-state index contributed by atoms with van der Waals surface area (Å²) in [5.74, 6) is 0.741. The second kappa shape index (κ2) is 5.86. The summed E-state index contributed by atoms with van der Waals surface area (Å²) >= 11 is 6.03. The molecule has 0 saturated heterocycles. The van der Waals surface area contributed by atoms with E-state index >= 15 is 0 Å². The minimum absolute atomic E-state index is 0.702. The molecule has 2 aromatic carbocycles. The third-order valence-electron chi connectivity index (χ3n) is 3.70. The Kier molecular flexibility index (Phi) is 4.36. The average Bonchev–Trinajstić information content (AvgIpc) is 2.44. The van der Waals surface area contributed by atoms with Crippen LogP contribution in [0.25, 0.3) is 0 Å². The highest BCUT2D eigenvalue weighted by Gasteiger charge is 2.18. The molecule has 2 aromatic rings. The first-order valence-corrected chi connectivity index (χ1v) is 6.91. The van der Waals surface area contributed by atoms with Crippen molar-refractivity contribution in [2.75, 3.05) is 7.11 Å². The summed E-state index contributed by atoms with van der Waals surface area (Å²) < 4.78 is 5.47. The van der Waals surface area contributed by atoms with Gasteiger partial charge in [0.1, 0.15) is 11.9 Å². The first-order valence-electron chi connectivity index (χ1n) is 6.54. The van der Waals surface area contributed by atoms with Gasteiger partial charge >= 0.3 is 0 Å². The summed E-state index contributed by atoms with van der Waals surface area (Å²) in [6.45, 7) is 5.95. The number of hydrogen-bond donors (Lipinski definition) is 1. The highest BCUT2D eigenvalue weighted by molar-refractivity contribution is 6.31. The Morgan fingerprint density at radius 1 is 1.05 bits per heavy atom. The molecule has 0 aliphatic rings. The molecule has 0 aromatic heterocycles. The summed E-state index contributed by atoms with van der Waals surface area (Å²) in [6, 6.07) is 9.47. The molecule has 0 aliphatic heterocycles. The monoisotopic (exact) mass is 290 g/mol. The van der Waals surface area contributed by atoms with Crippen LogP contribution in [0.2, 0.25) is 5.02 Å². The molecule has 0 heterocycles. The zero-order valence-electron chi connectivity index (χ0n) is 12.2. The first-order chi connectivity index (χ1) is 9.45. The van der Waals surface area contributed by atoms with Gasteiger partial charge in [0.25, 0.3) is 0 Å². The van der Waals surface area contributed by atoms with Crippen LogP contribution < -0.4 is 4.74 Å². The number of halogens is 1. The predicted octanol–water partition coefficient (Wildman–Crippen LogP) is 4.36. The van der Waals surface area contributed by atoms with E-state index in [9.17, 15) is 5.11 Å². The molecule has 3 heteroatoms. The highest BCUT2D eigenvalue weighted by Crippen LogP contribution is 2.34. The lowest BCUT2D eigenvalue weighted by Gasteiger charge is -2.18. The van der Waals surface area contributed by atoms with Crippen molar-refractivity contribution in [1.82, 2.24) is 0 Å². The van der Waals surface area contributed by atoms with Crippen LogP contribution in [-0.2, 0) is 0 Å². The van der Waals surface area contributed by atoms with Crippen LogP contribution in [0.15, 0.2) is 30.3 Å². The molecule has 1 atom stereocenters. The van der Waals surface area contributed by atoms with E-state index in [4.69, 9.17) is 16.3 Å². The molecule has 0 radical (unpaired) electrons. The maximum Gasteiger partial charge on any atom is 0.128 e. The van der Waals surface area contributed by atoms with Gasteiger partial charge in [0, 0.05) is 10.6 Å². The fourth-order valence-electron chi connectivity index (χ4n) is 2.31. The van der Waals surface area contributed by atoms with Gasteiger partial charge in [-0.1, -0.05) is 35.9 Å². The fourth-order valence-corrected chi connectivity index (χ4v) is 2.43. The number of aliphatic hydroxyl groups excluding tert-OH is 1. The van der Waals surface area contributed by atoms with Crippen molar-refractivity contribution < 1.29 is 9.84 Å². The number of aliphatic hydroxyl groups is 1. The summed E-state index contributed by atoms with van der Waals surface area (Å²) in [6.07, 6.45) is -0.722. The van der Waals surface area contributed by atoms with Gasteiger partial charge in [-0.15, -0.1) is 0 Å². The summed E-state index contributed by atoms with van der Waals surface area (Å²) in [4.78, 5) is 0. The van der Waals surface area contributed by atoms with Crippen LogP contribution in [-0.4, -0.2) is 12.2 Å². The van der Waals surface area contributed by atoms with Crippen LogP contribution in [0.1, 0.15) is 33.9 Å². The van der Waals surface area contributed by atoms with Gasteiger partial charge in [-0.3, -0.25) is 0 Å². The molecular formula is C17H19ClO2. The fraction of sp³-hybridized carbons (Fsp3) is 0.294. The van der Waals surface area contributed by atoms with Crippen molar-refractivity contribution in [1.29, 1.82) is 0 Å². The molecule has 0 bridgehead atoms. The van der Waals surface area contributed by atoms with E-state index in [1.165, 1.54) is 0 Å². The molecule has 0 fully saturated rings. The highest BCUT2D eigenvalue weighted by atomic mass is 35.5. The van der Waals surface area contributed by atoms with E-state index in [0.717, 1.165) is 33.6 Å². The van der Waals surface area contributed by atoms with E-state index in [0.29, 0.717) is 5.02 Å². The Balaban J connectivity index is 2.50. The Morgan fingerprint density at radius 2 is 1.75 bits per heavy atom. The molecule has 2 rings (SSSR count). The van der Waals surface area contributed by atoms with Crippen LogP contribution >= 0.6 is 11.6 Å². The number of ether oxygens (including phenoxy) is 1. The average molecular weight is 291 g/mol. The van der Waals surface area contributed by atoms with Crippen LogP contribution in [0.4, 0.5) is 0 Å². The van der Waals surface area contributed by atoms with Gasteiger partial charge in [-0.2, -0.15) is 0 Å². The van der Waals surface area contributed by atoms with E-state index in [2.05, 4.69) is 0 Å². The van der Waals surface area contributed by atoms with E-state index in [1.807, 2.05) is 51.1 Å². The molecule has 0 aliphatic carbocycles. The van der Waals surface area contributed by atoms with Crippen molar-refractivity contribution in [2.24, 2.45) is 0 Å². The van der Waals surface area contributed by atoms with Gasteiger partial charge in [0.2, 0.25) is 0 Å². The third-order valence-corrected chi connectivity index (χ3v) is 4.13. The Hall–Kier alpha value is -1.51. The number of methoxy groups -OCH3 is 1. The summed E-state index contributed by atoms with van der Waals surface area (Å²) in [5.41, 5.74) is 4.73. The number of hydrogen-bond acceptors (Lipinski definition) is 2. The largest absolute Gasteiger partial charge is 0.496 e. The molecule has 1 N–H and O–H groups in total. The molecular weight excluding hydrogens is 272 g/mol. The molecule has 0 saturated carbocycles. The summed E-state index contributed by atoms with van der Waals surface area (Å²) in [7, 11) is 1.63. The van der Waals surface area contributed by atoms with E-state index < -0.39 is 6.10 Å². The predicted molar refractivity (Wildman–Crippen MR) is 82.7 cm³/mol. The van der Waals surface area contributed by atoms with Crippen LogP contribution in [0, 0.1) is 20.8 Å². The second-order valence-corrected chi connectivity index (χ2v) is 5.45. The Labute approximate surface area is 125 Å². The van der Waals surface area contributed by atoms with Crippen LogP contribution in [0.3, 0.4) is 0 Å². The Morgan fingerprint density at radius 3 is 2.35 bits per heavy atom. The minimum Gasteiger partial charge on any atom is -0.496 e. The molecule has 106 valence electrons. The number of benzene rings is 2. The quantitative estimate of drug-likeness (QED) is 0.910. The lowest BCUT2D eigenvalue weighted by molar-refractivity contribution is 0.214. The second-order valence-electron chi connectivity index (χ2n) is 5.04. The molecule has 2 nitrogen and oxygen atoms in total. The topological polar surface area (TPSA) is 29.5 Å². The van der Waals surface area contributed by atoms with Gasteiger partial charge in [-0.05, 0) is 49.1 Å². The third kappa shape index (κ3) is 2.67. The van der Waals surface area contributed by atoms with Gasteiger partial charge < -0.3 is 9.84 Å². The Bertz CT molecular complexity index is 635. The van der Waals surface area contributed by atoms with Gasteiger partial charge in [0.15, 0.2) is 0 Å². The van der Waals surface area contributed by atoms with Crippen molar-refractivity contribution in [3.8, 4) is 5.75 Å². The normalized spacial score (nSPS) is 12.3. The van der Waals surface area contributed by atoms with Crippen molar-refractivity contribution in [3.05, 3.63) is 63.2 Å². The van der Waals surface area contributed by atoms with Crippen molar-refractivity contribution >= 4 is 11.6 Å². The van der Waals surface area contributed by atoms with Crippen molar-refractivity contribution in [3.63, 3.8) is 0 Å². The lowest BCUT2D eigenvalue weighted by atomic mass is 9.95. The van der Waals surface area contributed by atoms with Crippen LogP contribution in [0.5, 0.6) is 5.75 Å². The molecule has 0 amide bonds. The van der Waals surface area contributed by atoms with E-state index in [1.54, 1.807) is 7.11 Å². The zero-order chi connectivity index (χ0) is 14.9. The maximum absolute atomic E-state index is 10.6. The van der Waals surface area contributed by atoms with Gasteiger partial charge in [-0.25, -0.2) is 0 Å². The van der Waals surface area contributed by atoms with Gasteiger partial charge in [0.05, 0.1) is 7.11 Å². The van der Waals surface area contributed by atoms with E-state index in [-0.39, 0.29) is 0 Å². The first kappa shape index (κ1) is 14.9. The smallest absolute Gasteiger partial charge is 0.128 e. The molecule has 1 unspecified atom stereocenters. The lowest BCUT2D eigenvalue weighted by Crippen LogP contribution is -2.05. The number of aryl methyl sites for hydroxylation is 2.